The Balaban J connectivity index is 1.90. The second-order valence-corrected chi connectivity index (χ2v) is 3.68. The van der Waals surface area contributed by atoms with Crippen molar-refractivity contribution in [3.8, 4) is 0 Å². The first-order chi connectivity index (χ1) is 6.77. The van der Waals surface area contributed by atoms with Crippen LogP contribution in [0.15, 0.2) is 0 Å². The Bertz CT molecular complexity index is 248. The molecule has 14 heavy (non-hydrogen) atoms. The van der Waals surface area contributed by atoms with Crippen molar-refractivity contribution in [1.29, 1.82) is 0 Å². The maximum atomic E-state index is 11.8. The van der Waals surface area contributed by atoms with Crippen molar-refractivity contribution < 1.29 is 14.3 Å². The van der Waals surface area contributed by atoms with E-state index in [-0.39, 0.29) is 12.5 Å². The van der Waals surface area contributed by atoms with Crippen LogP contribution in [0.2, 0.25) is 0 Å². The first kappa shape index (κ1) is 9.30. The molecule has 0 spiro atoms. The Hall–Kier alpha value is -1.26. The van der Waals surface area contributed by atoms with Gasteiger partial charge in [0.05, 0.1) is 0 Å². The number of likely N-dealkylation sites (tertiary alicyclic amines) is 1. The molecular weight excluding hydrogens is 184 g/mol. The lowest BCUT2D eigenvalue weighted by Gasteiger charge is -2.28. The molecule has 0 aromatic heterocycles. The van der Waals surface area contributed by atoms with E-state index < -0.39 is 12.1 Å². The largest absolute Gasteiger partial charge is 0.447 e. The monoisotopic (exact) mass is 198 g/mol. The van der Waals surface area contributed by atoms with Crippen molar-refractivity contribution in [1.82, 2.24) is 10.2 Å². The maximum Gasteiger partial charge on any atom is 0.407 e. The molecule has 2 heterocycles. The van der Waals surface area contributed by atoms with Gasteiger partial charge in [-0.3, -0.25) is 4.79 Å². The molecule has 2 saturated heterocycles. The summed E-state index contributed by atoms with van der Waals surface area (Å²) >= 11 is 0. The quantitative estimate of drug-likeness (QED) is 0.650. The van der Waals surface area contributed by atoms with Crippen LogP contribution in [0.25, 0.3) is 0 Å². The van der Waals surface area contributed by atoms with Crippen LogP contribution in [0.4, 0.5) is 4.79 Å². The lowest BCUT2D eigenvalue weighted by atomic mass is 10.1. The highest BCUT2D eigenvalue weighted by atomic mass is 16.6. The van der Waals surface area contributed by atoms with Gasteiger partial charge in [0.2, 0.25) is 5.91 Å². The fraction of sp³-hybridized carbons (Fsp3) is 0.778. The van der Waals surface area contributed by atoms with Gasteiger partial charge in [0, 0.05) is 13.1 Å². The highest BCUT2D eigenvalue weighted by Crippen LogP contribution is 2.11. The number of carbonyl (C=O) groups is 2. The van der Waals surface area contributed by atoms with Gasteiger partial charge in [0.1, 0.15) is 12.6 Å². The van der Waals surface area contributed by atoms with Gasteiger partial charge in [-0.25, -0.2) is 4.79 Å². The van der Waals surface area contributed by atoms with Crippen LogP contribution >= 0.6 is 0 Å². The Morgan fingerprint density at radius 2 is 2.07 bits per heavy atom. The molecule has 2 rings (SSSR count). The highest BCUT2D eigenvalue weighted by Gasteiger charge is 2.32. The number of amides is 2. The summed E-state index contributed by atoms with van der Waals surface area (Å²) in [5, 5.41) is 2.50. The van der Waals surface area contributed by atoms with E-state index in [1.807, 2.05) is 4.90 Å². The summed E-state index contributed by atoms with van der Waals surface area (Å²) in [6, 6.07) is -0.458. The van der Waals surface area contributed by atoms with Crippen molar-refractivity contribution in [2.24, 2.45) is 0 Å². The zero-order chi connectivity index (χ0) is 9.97. The van der Waals surface area contributed by atoms with Crippen LogP contribution in [0.1, 0.15) is 19.3 Å². The standard InChI is InChI=1S/C9H14N2O3/c12-8(7-6-14-9(13)10-7)11-4-2-1-3-5-11/h7H,1-6H2,(H,10,13). The number of hydrogen-bond acceptors (Lipinski definition) is 3. The van der Waals surface area contributed by atoms with Gasteiger partial charge in [0.25, 0.3) is 0 Å². The average molecular weight is 198 g/mol. The Labute approximate surface area is 82.4 Å². The molecule has 0 aromatic rings. The Morgan fingerprint density at radius 3 is 2.64 bits per heavy atom. The molecule has 0 radical (unpaired) electrons. The van der Waals surface area contributed by atoms with E-state index in [4.69, 9.17) is 0 Å². The second-order valence-electron chi connectivity index (χ2n) is 3.68. The molecule has 5 nitrogen and oxygen atoms in total. The minimum atomic E-state index is -0.486. The molecular formula is C9H14N2O3. The summed E-state index contributed by atoms with van der Waals surface area (Å²) in [6.07, 6.45) is 2.83. The summed E-state index contributed by atoms with van der Waals surface area (Å²) in [5.41, 5.74) is 0. The van der Waals surface area contributed by atoms with Crippen LogP contribution in [0.5, 0.6) is 0 Å². The number of nitrogens with zero attached hydrogens (tertiary/aromatic N) is 1. The molecule has 2 aliphatic heterocycles. The third-order valence-electron chi connectivity index (χ3n) is 2.64. The number of alkyl carbamates (subject to hydrolysis) is 1. The normalized spacial score (nSPS) is 27.0. The number of nitrogens with one attached hydrogen (secondary N) is 1. The van der Waals surface area contributed by atoms with Crippen LogP contribution < -0.4 is 5.32 Å². The Kier molecular flexibility index (Phi) is 2.56. The lowest BCUT2D eigenvalue weighted by molar-refractivity contribution is -0.134. The van der Waals surface area contributed by atoms with Crippen molar-refractivity contribution in [2.45, 2.75) is 25.3 Å². The molecule has 78 valence electrons. The summed E-state index contributed by atoms with van der Waals surface area (Å²) in [6.45, 7) is 1.80. The molecule has 0 bridgehead atoms. The van der Waals surface area contributed by atoms with Gasteiger partial charge in [-0.1, -0.05) is 0 Å². The molecule has 5 heteroatoms. The molecule has 2 fully saturated rings. The molecule has 2 amide bonds. The van der Waals surface area contributed by atoms with E-state index in [0.29, 0.717) is 0 Å². The first-order valence-electron chi connectivity index (χ1n) is 4.99. The number of carbonyl (C=O) groups excluding carboxylic acids is 2. The SMILES string of the molecule is O=C1NC(C(=O)N2CCCCC2)CO1. The molecule has 0 aromatic carbocycles. The fourth-order valence-electron chi connectivity index (χ4n) is 1.85. The van der Waals surface area contributed by atoms with E-state index in [9.17, 15) is 9.59 Å². The third-order valence-corrected chi connectivity index (χ3v) is 2.64. The third kappa shape index (κ3) is 1.81. The van der Waals surface area contributed by atoms with Gasteiger partial charge >= 0.3 is 6.09 Å². The van der Waals surface area contributed by atoms with Crippen molar-refractivity contribution >= 4 is 12.0 Å². The minimum Gasteiger partial charge on any atom is -0.447 e. The predicted octanol–water partition coefficient (Wildman–Crippen LogP) is 0.107. The van der Waals surface area contributed by atoms with E-state index in [2.05, 4.69) is 10.1 Å². The summed E-state index contributed by atoms with van der Waals surface area (Å²) in [4.78, 5) is 24.3. The van der Waals surface area contributed by atoms with Crippen molar-refractivity contribution in [3.63, 3.8) is 0 Å². The van der Waals surface area contributed by atoms with E-state index >= 15 is 0 Å². The van der Waals surface area contributed by atoms with Gasteiger partial charge in [-0.15, -0.1) is 0 Å². The molecule has 1 N–H and O–H groups in total. The zero-order valence-corrected chi connectivity index (χ0v) is 7.99. The summed E-state index contributed by atoms with van der Waals surface area (Å²) in [7, 11) is 0. The van der Waals surface area contributed by atoms with Gasteiger partial charge in [-0.2, -0.15) is 0 Å². The van der Waals surface area contributed by atoms with Crippen molar-refractivity contribution in [2.75, 3.05) is 19.7 Å². The van der Waals surface area contributed by atoms with Crippen LogP contribution in [0, 0.1) is 0 Å². The summed E-state index contributed by atoms with van der Waals surface area (Å²) < 4.78 is 4.68. The molecule has 2 aliphatic rings. The predicted molar refractivity (Wildman–Crippen MR) is 48.7 cm³/mol. The number of rotatable bonds is 1. The topological polar surface area (TPSA) is 58.6 Å². The minimum absolute atomic E-state index is 0.00412. The fourth-order valence-corrected chi connectivity index (χ4v) is 1.85. The van der Waals surface area contributed by atoms with Gasteiger partial charge in [-0.05, 0) is 19.3 Å². The van der Waals surface area contributed by atoms with Crippen LogP contribution in [-0.2, 0) is 9.53 Å². The van der Waals surface area contributed by atoms with Gasteiger partial charge < -0.3 is 15.0 Å². The maximum absolute atomic E-state index is 11.8. The number of cyclic esters (lactones) is 1. The molecule has 1 atom stereocenters. The van der Waals surface area contributed by atoms with E-state index in [0.717, 1.165) is 25.9 Å². The van der Waals surface area contributed by atoms with Crippen LogP contribution in [-0.4, -0.2) is 42.6 Å². The number of piperidine rings is 1. The first-order valence-corrected chi connectivity index (χ1v) is 4.99. The molecule has 0 aliphatic carbocycles. The average Bonchev–Trinajstić information content (AvgIpc) is 2.65. The Morgan fingerprint density at radius 1 is 1.36 bits per heavy atom. The number of ether oxygens (including phenoxy) is 1. The van der Waals surface area contributed by atoms with E-state index in [1.165, 1.54) is 6.42 Å². The van der Waals surface area contributed by atoms with Gasteiger partial charge in [0.15, 0.2) is 0 Å². The lowest BCUT2D eigenvalue weighted by Crippen LogP contribution is -2.47. The highest BCUT2D eigenvalue weighted by molar-refractivity contribution is 5.87. The van der Waals surface area contributed by atoms with E-state index in [1.54, 1.807) is 0 Å². The smallest absolute Gasteiger partial charge is 0.407 e. The van der Waals surface area contributed by atoms with Crippen LogP contribution in [0.3, 0.4) is 0 Å². The van der Waals surface area contributed by atoms with Crippen molar-refractivity contribution in [3.05, 3.63) is 0 Å². The second kappa shape index (κ2) is 3.86. The number of hydrogen-bond donors (Lipinski definition) is 1. The summed E-state index contributed by atoms with van der Waals surface area (Å²) in [5.74, 6) is -0.00412. The zero-order valence-electron chi connectivity index (χ0n) is 7.99. The molecule has 1 unspecified atom stereocenters. The molecule has 0 saturated carbocycles.